The van der Waals surface area contributed by atoms with Crippen LogP contribution in [0.2, 0.25) is 0 Å². The zero-order chi connectivity index (χ0) is 13.3. The lowest BCUT2D eigenvalue weighted by molar-refractivity contribution is 0.0996. The molecular weight excluding hydrogens is 296 g/mol. The van der Waals surface area contributed by atoms with Gasteiger partial charge in [0, 0.05) is 15.7 Å². The summed E-state index contributed by atoms with van der Waals surface area (Å²) in [4.78, 5) is 12.0. The molecule has 4 nitrogen and oxygen atoms in total. The quantitative estimate of drug-likeness (QED) is 0.834. The van der Waals surface area contributed by atoms with E-state index in [4.69, 9.17) is 10.2 Å². The molecule has 0 aliphatic heterocycles. The topological polar surface area (TPSA) is 68.3 Å². The minimum absolute atomic E-state index is 0.290. The van der Waals surface area contributed by atoms with Gasteiger partial charge in [0.25, 0.3) is 5.91 Å². The van der Waals surface area contributed by atoms with Crippen LogP contribution in [0.1, 0.15) is 21.7 Å². The second-order valence-electron chi connectivity index (χ2n) is 4.08. The van der Waals surface area contributed by atoms with Gasteiger partial charge < -0.3 is 15.5 Å². The van der Waals surface area contributed by atoms with Crippen molar-refractivity contribution in [3.8, 4) is 0 Å². The van der Waals surface area contributed by atoms with E-state index >= 15 is 0 Å². The molecule has 0 saturated heterocycles. The van der Waals surface area contributed by atoms with Crippen LogP contribution in [-0.2, 0) is 0 Å². The number of nitrogens with one attached hydrogen (secondary N) is 1. The molecule has 18 heavy (non-hydrogen) atoms. The maximum Gasteiger partial charge on any atom is 0.291 e. The predicted molar refractivity (Wildman–Crippen MR) is 74.7 cm³/mol. The molecule has 0 atom stereocenters. The minimum Gasteiger partial charge on any atom is -0.459 e. The zero-order valence-electron chi connectivity index (χ0n) is 10.1. The molecule has 0 unspecified atom stereocenters. The van der Waals surface area contributed by atoms with E-state index in [1.165, 1.54) is 6.26 Å². The van der Waals surface area contributed by atoms with E-state index in [2.05, 4.69) is 21.2 Å². The summed E-state index contributed by atoms with van der Waals surface area (Å²) in [6, 6.07) is 5.32. The molecule has 1 amide bonds. The molecule has 94 valence electrons. The van der Waals surface area contributed by atoms with Crippen LogP contribution in [0.5, 0.6) is 0 Å². The number of aryl methyl sites for hydroxylation is 2. The van der Waals surface area contributed by atoms with Crippen LogP contribution in [0.4, 0.5) is 11.4 Å². The Kier molecular flexibility index (Phi) is 3.43. The van der Waals surface area contributed by atoms with Gasteiger partial charge in [-0.25, -0.2) is 0 Å². The molecule has 2 rings (SSSR count). The van der Waals surface area contributed by atoms with Gasteiger partial charge in [-0.3, -0.25) is 4.79 Å². The minimum atomic E-state index is -0.290. The lowest BCUT2D eigenvalue weighted by Gasteiger charge is -2.09. The van der Waals surface area contributed by atoms with Crippen molar-refractivity contribution in [1.82, 2.24) is 0 Å². The van der Waals surface area contributed by atoms with Gasteiger partial charge in [0.2, 0.25) is 0 Å². The number of hydrogen-bond donors (Lipinski definition) is 2. The van der Waals surface area contributed by atoms with Crippen LogP contribution >= 0.6 is 15.9 Å². The Balaban J connectivity index is 2.28. The Bertz CT molecular complexity index is 605. The van der Waals surface area contributed by atoms with Gasteiger partial charge in [0.05, 0.1) is 12.0 Å². The van der Waals surface area contributed by atoms with Gasteiger partial charge in [-0.05, 0) is 53.5 Å². The number of furan rings is 1. The van der Waals surface area contributed by atoms with Crippen LogP contribution in [0.25, 0.3) is 0 Å². The van der Waals surface area contributed by atoms with E-state index in [1.54, 1.807) is 12.1 Å². The second kappa shape index (κ2) is 4.86. The molecule has 1 heterocycles. The number of carbonyl (C=O) groups is 1. The summed E-state index contributed by atoms with van der Waals surface area (Å²) >= 11 is 3.39. The molecular formula is C13H13BrN2O2. The SMILES string of the molecule is Cc1cc(Br)c(NC(=O)c2occc2C)cc1N. The van der Waals surface area contributed by atoms with Crippen molar-refractivity contribution in [2.45, 2.75) is 13.8 Å². The Labute approximate surface area is 113 Å². The van der Waals surface area contributed by atoms with Gasteiger partial charge in [-0.2, -0.15) is 0 Å². The lowest BCUT2D eigenvalue weighted by atomic mass is 10.2. The first-order valence-corrected chi connectivity index (χ1v) is 6.19. The van der Waals surface area contributed by atoms with Crippen molar-refractivity contribution in [3.05, 3.63) is 45.8 Å². The van der Waals surface area contributed by atoms with E-state index in [0.29, 0.717) is 17.1 Å². The molecule has 3 N–H and O–H groups in total. The maximum absolute atomic E-state index is 12.0. The number of rotatable bonds is 2. The summed E-state index contributed by atoms with van der Waals surface area (Å²) in [5.74, 6) is 0.0162. The average Bonchev–Trinajstić information content (AvgIpc) is 2.72. The molecule has 0 radical (unpaired) electrons. The number of nitrogens with two attached hydrogens (primary N) is 1. The molecule has 0 fully saturated rings. The monoisotopic (exact) mass is 308 g/mol. The van der Waals surface area contributed by atoms with Gasteiger partial charge in [0.1, 0.15) is 0 Å². The number of carbonyl (C=O) groups excluding carboxylic acids is 1. The summed E-state index contributed by atoms with van der Waals surface area (Å²) in [5.41, 5.74) is 8.82. The van der Waals surface area contributed by atoms with Gasteiger partial charge in [0.15, 0.2) is 5.76 Å². The van der Waals surface area contributed by atoms with Crippen molar-refractivity contribution >= 4 is 33.2 Å². The molecule has 2 aromatic rings. The highest BCUT2D eigenvalue weighted by atomic mass is 79.9. The van der Waals surface area contributed by atoms with Crippen molar-refractivity contribution in [3.63, 3.8) is 0 Å². The third-order valence-electron chi connectivity index (χ3n) is 2.67. The smallest absolute Gasteiger partial charge is 0.291 e. The Morgan fingerprint density at radius 3 is 2.67 bits per heavy atom. The first-order chi connectivity index (χ1) is 8.49. The highest BCUT2D eigenvalue weighted by molar-refractivity contribution is 9.10. The van der Waals surface area contributed by atoms with Crippen molar-refractivity contribution in [2.24, 2.45) is 0 Å². The number of benzene rings is 1. The fraction of sp³-hybridized carbons (Fsp3) is 0.154. The van der Waals surface area contributed by atoms with E-state index < -0.39 is 0 Å². The zero-order valence-corrected chi connectivity index (χ0v) is 11.7. The summed E-state index contributed by atoms with van der Waals surface area (Å²) in [6.07, 6.45) is 1.49. The molecule has 0 aliphatic rings. The molecule has 0 bridgehead atoms. The van der Waals surface area contributed by atoms with Gasteiger partial charge in [-0.15, -0.1) is 0 Å². The summed E-state index contributed by atoms with van der Waals surface area (Å²) in [7, 11) is 0. The van der Waals surface area contributed by atoms with Crippen LogP contribution < -0.4 is 11.1 Å². The summed E-state index contributed by atoms with van der Waals surface area (Å²) in [5, 5.41) is 2.76. The number of nitrogen functional groups attached to an aromatic ring is 1. The third-order valence-corrected chi connectivity index (χ3v) is 3.33. The fourth-order valence-corrected chi connectivity index (χ4v) is 2.13. The van der Waals surface area contributed by atoms with E-state index in [-0.39, 0.29) is 5.91 Å². The molecule has 0 spiro atoms. The Hall–Kier alpha value is -1.75. The summed E-state index contributed by atoms with van der Waals surface area (Å²) < 4.78 is 5.92. The molecule has 5 heteroatoms. The van der Waals surface area contributed by atoms with Gasteiger partial charge in [-0.1, -0.05) is 0 Å². The predicted octanol–water partition coefficient (Wildman–Crippen LogP) is 3.49. The largest absolute Gasteiger partial charge is 0.459 e. The Morgan fingerprint density at radius 1 is 1.33 bits per heavy atom. The maximum atomic E-state index is 12.0. The Morgan fingerprint density at radius 2 is 2.06 bits per heavy atom. The normalized spacial score (nSPS) is 10.4. The number of hydrogen-bond acceptors (Lipinski definition) is 3. The van der Waals surface area contributed by atoms with Crippen molar-refractivity contribution in [1.29, 1.82) is 0 Å². The van der Waals surface area contributed by atoms with Gasteiger partial charge >= 0.3 is 0 Å². The number of halogens is 1. The van der Waals surface area contributed by atoms with Crippen LogP contribution in [0, 0.1) is 13.8 Å². The van der Waals surface area contributed by atoms with E-state index in [1.807, 2.05) is 19.9 Å². The number of amides is 1. The van der Waals surface area contributed by atoms with Crippen molar-refractivity contribution < 1.29 is 9.21 Å². The molecule has 0 saturated carbocycles. The first kappa shape index (κ1) is 12.7. The molecule has 1 aromatic heterocycles. The first-order valence-electron chi connectivity index (χ1n) is 5.40. The molecule has 1 aromatic carbocycles. The third kappa shape index (κ3) is 2.41. The summed E-state index contributed by atoms with van der Waals surface area (Å²) in [6.45, 7) is 3.72. The number of anilines is 2. The van der Waals surface area contributed by atoms with Crippen LogP contribution in [0.3, 0.4) is 0 Å². The second-order valence-corrected chi connectivity index (χ2v) is 4.93. The van der Waals surface area contributed by atoms with Crippen molar-refractivity contribution in [2.75, 3.05) is 11.1 Å². The average molecular weight is 309 g/mol. The van der Waals surface area contributed by atoms with Crippen LogP contribution in [0.15, 0.2) is 33.4 Å². The fourth-order valence-electron chi connectivity index (χ4n) is 1.57. The van der Waals surface area contributed by atoms with E-state index in [0.717, 1.165) is 15.6 Å². The standard InChI is InChI=1S/C13H13BrN2O2/c1-7-3-4-18-12(7)13(17)16-11-6-10(15)8(2)5-9(11)14/h3-6H,15H2,1-2H3,(H,16,17). The lowest BCUT2D eigenvalue weighted by Crippen LogP contribution is -2.13. The molecule has 0 aliphatic carbocycles. The highest BCUT2D eigenvalue weighted by Gasteiger charge is 2.14. The van der Waals surface area contributed by atoms with E-state index in [9.17, 15) is 4.79 Å². The highest BCUT2D eigenvalue weighted by Crippen LogP contribution is 2.28. The van der Waals surface area contributed by atoms with Crippen LogP contribution in [-0.4, -0.2) is 5.91 Å².